The van der Waals surface area contributed by atoms with Gasteiger partial charge in [0.15, 0.2) is 4.90 Å². The van der Waals surface area contributed by atoms with Crippen LogP contribution >= 0.6 is 0 Å². The number of amides is 1. The van der Waals surface area contributed by atoms with Gasteiger partial charge in [-0.1, -0.05) is 42.0 Å². The summed E-state index contributed by atoms with van der Waals surface area (Å²) in [4.78, 5) is 38.2. The minimum Gasteiger partial charge on any atom is -0.458 e. The Kier molecular flexibility index (Phi) is 7.85. The lowest BCUT2D eigenvalue weighted by Crippen LogP contribution is -2.62. The summed E-state index contributed by atoms with van der Waals surface area (Å²) in [6.45, 7) is 8.35. The molecule has 0 aromatic heterocycles. The van der Waals surface area contributed by atoms with E-state index in [1.165, 1.54) is 24.0 Å². The van der Waals surface area contributed by atoms with E-state index in [-0.39, 0.29) is 19.5 Å². The molecule has 1 fully saturated rings. The largest absolute Gasteiger partial charge is 0.458 e. The van der Waals surface area contributed by atoms with E-state index in [0.29, 0.717) is 0 Å². The molecule has 10 nitrogen and oxygen atoms in total. The van der Waals surface area contributed by atoms with E-state index in [0.717, 1.165) is 27.6 Å². The van der Waals surface area contributed by atoms with Crippen LogP contribution in [0.15, 0.2) is 53.4 Å². The van der Waals surface area contributed by atoms with Gasteiger partial charge >= 0.3 is 5.97 Å². The summed E-state index contributed by atoms with van der Waals surface area (Å²) in [5.74, 6) is -1.16. The van der Waals surface area contributed by atoms with Gasteiger partial charge in [0.05, 0.1) is 4.92 Å². The molecule has 2 aromatic carbocycles. The number of para-hydroxylation sites is 1. The molecule has 1 saturated heterocycles. The van der Waals surface area contributed by atoms with Gasteiger partial charge in [0.1, 0.15) is 17.7 Å². The molecule has 11 heteroatoms. The fourth-order valence-corrected chi connectivity index (χ4v) is 5.84. The second-order valence-electron chi connectivity index (χ2n) is 9.79. The summed E-state index contributed by atoms with van der Waals surface area (Å²) in [6.07, 6.45) is 0.199. The van der Waals surface area contributed by atoms with Crippen molar-refractivity contribution in [3.8, 4) is 0 Å². The molecule has 36 heavy (non-hydrogen) atoms. The highest BCUT2D eigenvalue weighted by atomic mass is 32.2. The van der Waals surface area contributed by atoms with Crippen LogP contribution in [0.5, 0.6) is 0 Å². The average molecular weight is 518 g/mol. The first kappa shape index (κ1) is 27.3. The maximum atomic E-state index is 13.5. The van der Waals surface area contributed by atoms with E-state index < -0.39 is 55.1 Å². The van der Waals surface area contributed by atoms with Crippen molar-refractivity contribution < 1.29 is 27.7 Å². The number of carbonyl (C=O) groups is 2. The third-order valence-corrected chi connectivity index (χ3v) is 7.90. The van der Waals surface area contributed by atoms with E-state index in [4.69, 9.17) is 4.74 Å². The maximum Gasteiger partial charge on any atom is 0.329 e. The van der Waals surface area contributed by atoms with Gasteiger partial charge in [-0.25, -0.2) is 13.2 Å². The number of sulfonamides is 1. The summed E-state index contributed by atoms with van der Waals surface area (Å²) in [7, 11) is -4.35. The minimum absolute atomic E-state index is 0.0706. The number of piperazine rings is 1. The molecule has 0 aliphatic carbocycles. The molecular formula is C25H31N3O7S. The van der Waals surface area contributed by atoms with Crippen LogP contribution in [0.3, 0.4) is 0 Å². The van der Waals surface area contributed by atoms with Crippen LogP contribution in [0.2, 0.25) is 0 Å². The van der Waals surface area contributed by atoms with Crippen LogP contribution in [0.1, 0.15) is 38.8 Å². The number of ether oxygens (including phenoxy) is 1. The van der Waals surface area contributed by atoms with Gasteiger partial charge < -0.3 is 9.64 Å². The standard InChI is InChI=1S/C25H31N3O7S/c1-17-10-12-19(13-11-17)16-21(24(30)35-25(3,4)5)26-14-15-27(18(2)23(26)29)36(33,34)22-9-7-6-8-20(22)28(31)32/h6-13,18,21H,14-16H2,1-5H3/t18-,21?/m0/s1. The predicted octanol–water partition coefficient (Wildman–Crippen LogP) is 3.08. The van der Waals surface area contributed by atoms with E-state index in [1.807, 2.05) is 31.2 Å². The first-order chi connectivity index (χ1) is 16.7. The number of carbonyl (C=O) groups excluding carboxylic acids is 2. The molecule has 2 aromatic rings. The lowest BCUT2D eigenvalue weighted by Gasteiger charge is -2.41. The first-order valence-corrected chi connectivity index (χ1v) is 13.0. The number of nitro groups is 1. The molecule has 0 radical (unpaired) electrons. The van der Waals surface area contributed by atoms with Gasteiger partial charge in [-0.2, -0.15) is 4.31 Å². The quantitative estimate of drug-likeness (QED) is 0.314. The average Bonchev–Trinajstić information content (AvgIpc) is 2.79. The normalized spacial score (nSPS) is 18.1. The van der Waals surface area contributed by atoms with E-state index in [2.05, 4.69) is 0 Å². The highest BCUT2D eigenvalue weighted by Crippen LogP contribution is 2.30. The van der Waals surface area contributed by atoms with Gasteiger partial charge in [-0.15, -0.1) is 0 Å². The molecule has 1 aliphatic rings. The van der Waals surface area contributed by atoms with Crippen molar-refractivity contribution in [2.75, 3.05) is 13.1 Å². The SMILES string of the molecule is Cc1ccc(CC(C(=O)OC(C)(C)C)N2CCN(S(=O)(=O)c3ccccc3[N+](=O)[O-])[C@@H](C)C2=O)cc1. The number of esters is 1. The summed E-state index contributed by atoms with van der Waals surface area (Å²) in [6, 6.07) is 10.4. The number of benzene rings is 2. The Bertz CT molecular complexity index is 1250. The van der Waals surface area contributed by atoms with Crippen molar-refractivity contribution in [3.63, 3.8) is 0 Å². The molecule has 1 heterocycles. The summed E-state index contributed by atoms with van der Waals surface area (Å²) in [5, 5.41) is 11.4. The molecule has 0 spiro atoms. The minimum atomic E-state index is -4.35. The second kappa shape index (κ2) is 10.4. The van der Waals surface area contributed by atoms with Gasteiger partial charge in [-0.3, -0.25) is 14.9 Å². The monoisotopic (exact) mass is 517 g/mol. The Morgan fingerprint density at radius 2 is 1.75 bits per heavy atom. The Morgan fingerprint density at radius 3 is 2.33 bits per heavy atom. The van der Waals surface area contributed by atoms with Crippen molar-refractivity contribution in [2.45, 2.75) is 63.6 Å². The van der Waals surface area contributed by atoms with Crippen molar-refractivity contribution >= 4 is 27.6 Å². The highest BCUT2D eigenvalue weighted by Gasteiger charge is 2.45. The Morgan fingerprint density at radius 1 is 1.14 bits per heavy atom. The van der Waals surface area contributed by atoms with E-state index in [9.17, 15) is 28.1 Å². The Balaban J connectivity index is 1.92. The maximum absolute atomic E-state index is 13.5. The molecule has 0 saturated carbocycles. The van der Waals surface area contributed by atoms with Gasteiger partial charge in [-0.05, 0) is 46.2 Å². The van der Waals surface area contributed by atoms with Crippen LogP contribution in [-0.2, 0) is 30.8 Å². The van der Waals surface area contributed by atoms with Crippen LogP contribution < -0.4 is 0 Å². The molecular weight excluding hydrogens is 486 g/mol. The number of aryl methyl sites for hydroxylation is 1. The molecule has 0 bridgehead atoms. The predicted molar refractivity (Wildman–Crippen MR) is 133 cm³/mol. The van der Waals surface area contributed by atoms with Crippen LogP contribution in [0.4, 0.5) is 5.69 Å². The van der Waals surface area contributed by atoms with Crippen molar-refractivity contribution in [1.29, 1.82) is 0 Å². The van der Waals surface area contributed by atoms with Crippen LogP contribution in [-0.4, -0.2) is 65.2 Å². The van der Waals surface area contributed by atoms with Crippen LogP contribution in [0, 0.1) is 17.0 Å². The summed E-state index contributed by atoms with van der Waals surface area (Å²) >= 11 is 0. The topological polar surface area (TPSA) is 127 Å². The third-order valence-electron chi connectivity index (χ3n) is 5.89. The number of hydrogen-bond donors (Lipinski definition) is 0. The molecule has 1 amide bonds. The number of nitro benzene ring substituents is 1. The zero-order valence-corrected chi connectivity index (χ0v) is 21.8. The lowest BCUT2D eigenvalue weighted by molar-refractivity contribution is -0.387. The zero-order chi connectivity index (χ0) is 26.8. The van der Waals surface area contributed by atoms with E-state index in [1.54, 1.807) is 20.8 Å². The van der Waals surface area contributed by atoms with Gasteiger partial charge in [0.2, 0.25) is 5.91 Å². The van der Waals surface area contributed by atoms with E-state index >= 15 is 0 Å². The van der Waals surface area contributed by atoms with Gasteiger partial charge in [0, 0.05) is 25.6 Å². The molecule has 2 atom stereocenters. The zero-order valence-electron chi connectivity index (χ0n) is 21.0. The highest BCUT2D eigenvalue weighted by molar-refractivity contribution is 7.89. The van der Waals surface area contributed by atoms with Crippen molar-refractivity contribution in [2.24, 2.45) is 0 Å². The summed E-state index contributed by atoms with van der Waals surface area (Å²) < 4.78 is 33.2. The third kappa shape index (κ3) is 5.90. The molecule has 3 rings (SSSR count). The lowest BCUT2D eigenvalue weighted by atomic mass is 10.0. The van der Waals surface area contributed by atoms with Crippen LogP contribution in [0.25, 0.3) is 0 Å². The fraction of sp³-hybridized carbons (Fsp3) is 0.440. The molecule has 194 valence electrons. The van der Waals surface area contributed by atoms with Crippen molar-refractivity contribution in [1.82, 2.24) is 9.21 Å². The first-order valence-electron chi connectivity index (χ1n) is 11.6. The smallest absolute Gasteiger partial charge is 0.329 e. The molecule has 0 N–H and O–H groups in total. The number of hydrogen-bond acceptors (Lipinski definition) is 7. The second-order valence-corrected chi connectivity index (χ2v) is 11.6. The van der Waals surface area contributed by atoms with Gasteiger partial charge in [0.25, 0.3) is 15.7 Å². The molecule has 1 aliphatic heterocycles. The Labute approximate surface area is 211 Å². The number of nitrogens with zero attached hydrogens (tertiary/aromatic N) is 3. The number of rotatable bonds is 7. The van der Waals surface area contributed by atoms with Crippen molar-refractivity contribution in [3.05, 3.63) is 69.8 Å². The summed E-state index contributed by atoms with van der Waals surface area (Å²) in [5.41, 5.74) is 0.526. The fourth-order valence-electron chi connectivity index (χ4n) is 4.10. The Hall–Kier alpha value is -3.31. The molecule has 1 unspecified atom stereocenters.